The lowest BCUT2D eigenvalue weighted by molar-refractivity contribution is -0.130. The number of nitrogens with zero attached hydrogens (tertiary/aromatic N) is 5. The van der Waals surface area contributed by atoms with Crippen molar-refractivity contribution in [2.45, 2.75) is 4.90 Å². The number of piperazine rings is 1. The molecule has 0 aliphatic carbocycles. The number of ketones is 1. The molecule has 2 aromatic carbocycles. The molecule has 1 amide bonds. The van der Waals surface area contributed by atoms with Crippen molar-refractivity contribution in [1.29, 1.82) is 0 Å². The van der Waals surface area contributed by atoms with E-state index in [9.17, 15) is 18.0 Å². The van der Waals surface area contributed by atoms with Gasteiger partial charge in [0.2, 0.25) is 15.9 Å². The van der Waals surface area contributed by atoms with Crippen molar-refractivity contribution < 1.29 is 18.0 Å². The summed E-state index contributed by atoms with van der Waals surface area (Å²) in [6.07, 6.45) is 6.61. The van der Waals surface area contributed by atoms with Crippen LogP contribution in [0.4, 0.5) is 0 Å². The molecule has 38 heavy (non-hydrogen) atoms. The fourth-order valence-corrected chi connectivity index (χ4v) is 5.75. The van der Waals surface area contributed by atoms with Gasteiger partial charge < -0.3 is 10.6 Å². The maximum atomic E-state index is 13.1. The minimum atomic E-state index is -3.67. The van der Waals surface area contributed by atoms with E-state index in [1.807, 2.05) is 12.1 Å². The van der Waals surface area contributed by atoms with Crippen LogP contribution in [0.1, 0.15) is 15.9 Å². The van der Waals surface area contributed by atoms with Crippen LogP contribution in [0.3, 0.4) is 0 Å². The van der Waals surface area contributed by atoms with Crippen molar-refractivity contribution >= 4 is 21.7 Å². The zero-order valence-corrected chi connectivity index (χ0v) is 21.3. The van der Waals surface area contributed by atoms with E-state index in [-0.39, 0.29) is 36.2 Å². The summed E-state index contributed by atoms with van der Waals surface area (Å²) >= 11 is 0. The molecule has 11 heteroatoms. The van der Waals surface area contributed by atoms with Crippen LogP contribution in [-0.4, -0.2) is 76.6 Å². The topological polar surface area (TPSA) is 131 Å². The maximum absolute atomic E-state index is 13.1. The molecule has 0 radical (unpaired) electrons. The average Bonchev–Trinajstić information content (AvgIpc) is 3.52. The standard InChI is InChI=1S/C27H26N6O4S/c28-17-26(34)31-13-15-33(16-14-31)38(36,37)24-8-5-21(6-9-24)20-1-3-22(4-2-20)27(35)23-7-10-25(30-18-23)32-12-11-29-19-32/h1-12,18-19H,13-17,28H2. The van der Waals surface area contributed by atoms with Crippen LogP contribution in [0.15, 0.2) is 90.5 Å². The Morgan fingerprint density at radius 3 is 2.03 bits per heavy atom. The van der Waals surface area contributed by atoms with Crippen molar-refractivity contribution in [1.82, 2.24) is 23.7 Å². The molecule has 2 aromatic heterocycles. The molecule has 1 fully saturated rings. The molecule has 1 aliphatic heterocycles. The van der Waals surface area contributed by atoms with E-state index in [0.29, 0.717) is 30.0 Å². The number of aromatic nitrogens is 3. The number of sulfonamides is 1. The van der Waals surface area contributed by atoms with Gasteiger partial charge in [0.15, 0.2) is 5.78 Å². The molecular formula is C27H26N6O4S. The van der Waals surface area contributed by atoms with Crippen molar-refractivity contribution in [2.75, 3.05) is 32.7 Å². The Kier molecular flexibility index (Phi) is 7.14. The Hall–Kier alpha value is -4.19. The third-order valence-corrected chi connectivity index (χ3v) is 8.43. The molecule has 194 valence electrons. The molecule has 1 saturated heterocycles. The highest BCUT2D eigenvalue weighted by Crippen LogP contribution is 2.25. The van der Waals surface area contributed by atoms with Crippen LogP contribution in [-0.2, 0) is 14.8 Å². The van der Waals surface area contributed by atoms with Gasteiger partial charge >= 0.3 is 0 Å². The van der Waals surface area contributed by atoms with E-state index in [2.05, 4.69) is 9.97 Å². The van der Waals surface area contributed by atoms with Gasteiger partial charge in [0.25, 0.3) is 0 Å². The molecule has 0 spiro atoms. The molecule has 2 N–H and O–H groups in total. The molecular weight excluding hydrogens is 504 g/mol. The lowest BCUT2D eigenvalue weighted by Crippen LogP contribution is -2.51. The zero-order valence-electron chi connectivity index (χ0n) is 20.5. The van der Waals surface area contributed by atoms with Crippen molar-refractivity contribution in [3.05, 3.63) is 96.7 Å². The summed E-state index contributed by atoms with van der Waals surface area (Å²) in [5.41, 5.74) is 8.08. The quantitative estimate of drug-likeness (QED) is 0.361. The fourth-order valence-electron chi connectivity index (χ4n) is 4.32. The molecule has 0 bridgehead atoms. The van der Waals surface area contributed by atoms with Crippen LogP contribution >= 0.6 is 0 Å². The number of rotatable bonds is 7. The van der Waals surface area contributed by atoms with Gasteiger partial charge in [-0.05, 0) is 35.4 Å². The van der Waals surface area contributed by atoms with E-state index in [1.165, 1.54) is 4.31 Å². The van der Waals surface area contributed by atoms with E-state index in [1.54, 1.807) is 82.9 Å². The van der Waals surface area contributed by atoms with Crippen molar-refractivity contribution in [3.8, 4) is 16.9 Å². The summed E-state index contributed by atoms with van der Waals surface area (Å²) in [6, 6.07) is 17.3. The molecule has 0 saturated carbocycles. The molecule has 5 rings (SSSR count). The van der Waals surface area contributed by atoms with Crippen LogP contribution in [0.2, 0.25) is 0 Å². The summed E-state index contributed by atoms with van der Waals surface area (Å²) in [4.78, 5) is 34.8. The van der Waals surface area contributed by atoms with Crippen LogP contribution < -0.4 is 5.73 Å². The summed E-state index contributed by atoms with van der Waals surface area (Å²) < 4.78 is 29.3. The summed E-state index contributed by atoms with van der Waals surface area (Å²) in [5, 5.41) is 0. The highest BCUT2D eigenvalue weighted by atomic mass is 32.2. The number of pyridine rings is 1. The first-order chi connectivity index (χ1) is 18.4. The zero-order chi connectivity index (χ0) is 26.7. The Morgan fingerprint density at radius 2 is 1.47 bits per heavy atom. The predicted octanol–water partition coefficient (Wildman–Crippen LogP) is 1.96. The van der Waals surface area contributed by atoms with E-state index in [0.717, 1.165) is 11.1 Å². The minimum absolute atomic E-state index is 0.0827. The van der Waals surface area contributed by atoms with E-state index in [4.69, 9.17) is 5.73 Å². The van der Waals surface area contributed by atoms with Gasteiger partial charge in [-0.3, -0.25) is 14.2 Å². The minimum Gasteiger partial charge on any atom is -0.339 e. The molecule has 0 unspecified atom stereocenters. The lowest BCUT2D eigenvalue weighted by atomic mass is 10.0. The fraction of sp³-hybridized carbons (Fsp3) is 0.185. The van der Waals surface area contributed by atoms with Crippen LogP contribution in [0, 0.1) is 0 Å². The normalized spacial score (nSPS) is 14.4. The predicted molar refractivity (Wildman–Crippen MR) is 141 cm³/mol. The van der Waals surface area contributed by atoms with Gasteiger partial charge in [-0.15, -0.1) is 0 Å². The summed E-state index contributed by atoms with van der Waals surface area (Å²) in [6.45, 7) is 1.02. The first-order valence-corrected chi connectivity index (χ1v) is 13.5. The van der Waals surface area contributed by atoms with Gasteiger partial charge in [-0.1, -0.05) is 36.4 Å². The maximum Gasteiger partial charge on any atom is 0.243 e. The number of hydrogen-bond acceptors (Lipinski definition) is 7. The number of imidazole rings is 1. The number of hydrogen-bond donors (Lipinski definition) is 1. The highest BCUT2D eigenvalue weighted by molar-refractivity contribution is 7.89. The smallest absolute Gasteiger partial charge is 0.243 e. The SMILES string of the molecule is NCC(=O)N1CCN(S(=O)(=O)c2ccc(-c3ccc(C(=O)c4ccc(-n5ccnc5)nc4)cc3)cc2)CC1. The Bertz CT molecular complexity index is 1530. The van der Waals surface area contributed by atoms with E-state index >= 15 is 0 Å². The van der Waals surface area contributed by atoms with Gasteiger partial charge in [-0.25, -0.2) is 18.4 Å². The average molecular weight is 531 g/mol. The van der Waals surface area contributed by atoms with Crippen LogP contribution in [0.25, 0.3) is 16.9 Å². The molecule has 10 nitrogen and oxygen atoms in total. The van der Waals surface area contributed by atoms with Gasteiger partial charge in [-0.2, -0.15) is 4.31 Å². The van der Waals surface area contributed by atoms with Crippen LogP contribution in [0.5, 0.6) is 0 Å². The second-order valence-electron chi connectivity index (χ2n) is 8.79. The van der Waals surface area contributed by atoms with Crippen molar-refractivity contribution in [2.24, 2.45) is 5.73 Å². The molecule has 1 aliphatic rings. The van der Waals surface area contributed by atoms with Gasteiger partial charge in [0, 0.05) is 55.9 Å². The molecule has 3 heterocycles. The summed E-state index contributed by atoms with van der Waals surface area (Å²) in [7, 11) is -3.67. The largest absolute Gasteiger partial charge is 0.339 e. The van der Waals surface area contributed by atoms with E-state index < -0.39 is 10.0 Å². The molecule has 4 aromatic rings. The summed E-state index contributed by atoms with van der Waals surface area (Å²) in [5.74, 6) is 0.346. The van der Waals surface area contributed by atoms with Gasteiger partial charge in [0.1, 0.15) is 12.1 Å². The number of nitrogens with two attached hydrogens (primary N) is 1. The van der Waals surface area contributed by atoms with Crippen molar-refractivity contribution in [3.63, 3.8) is 0 Å². The van der Waals surface area contributed by atoms with Gasteiger partial charge in [0.05, 0.1) is 11.4 Å². The Morgan fingerprint density at radius 1 is 0.842 bits per heavy atom. The third-order valence-electron chi connectivity index (χ3n) is 6.52. The first-order valence-electron chi connectivity index (χ1n) is 12.0. The second kappa shape index (κ2) is 10.7. The number of carbonyl (C=O) groups is 2. The monoisotopic (exact) mass is 530 g/mol. The highest BCUT2D eigenvalue weighted by Gasteiger charge is 2.29. The number of amides is 1. The Balaban J connectivity index is 1.25. The first kappa shape index (κ1) is 25.5. The molecule has 0 atom stereocenters. The Labute approximate surface area is 220 Å². The number of carbonyl (C=O) groups excluding carboxylic acids is 2. The second-order valence-corrected chi connectivity index (χ2v) is 10.7. The lowest BCUT2D eigenvalue weighted by Gasteiger charge is -2.33. The number of benzene rings is 2. The third kappa shape index (κ3) is 5.12.